The molecule has 1 heterocycles. The van der Waals surface area contributed by atoms with Gasteiger partial charge in [0.05, 0.1) is 12.2 Å². The molecule has 0 radical (unpaired) electrons. The SMILES string of the molecule is CC/C(=C/C(O)(CC)CC)c1ccc(C(CC)(CC)c2ccc(OC[C@@H]3COC(C)(C)O3)c(C)c2)cc1C. The summed E-state index contributed by atoms with van der Waals surface area (Å²) in [7, 11) is 0. The standard InChI is InChI=1S/C34H50O4/c1-10-26(21-33(35,11-2)12-3)30-17-15-27(19-24(30)6)34(13-4,14-5)28-16-18-31(25(7)20-28)36-22-29-23-37-32(8,9)38-29/h15-21,29,35H,10-14,22-23H2,1-9H3/b26-21-/t29-/m1/s1. The number of rotatable bonds is 12. The predicted molar refractivity (Wildman–Crippen MR) is 158 cm³/mol. The third-order valence-corrected chi connectivity index (χ3v) is 8.60. The van der Waals surface area contributed by atoms with E-state index >= 15 is 0 Å². The molecule has 0 aliphatic carbocycles. The molecule has 0 saturated carbocycles. The van der Waals surface area contributed by atoms with Crippen LogP contribution >= 0.6 is 0 Å². The minimum atomic E-state index is -0.749. The van der Waals surface area contributed by atoms with E-state index < -0.39 is 11.4 Å². The highest BCUT2D eigenvalue weighted by atomic mass is 16.7. The summed E-state index contributed by atoms with van der Waals surface area (Å²) < 4.78 is 17.7. The minimum Gasteiger partial charge on any atom is -0.491 e. The largest absolute Gasteiger partial charge is 0.491 e. The molecule has 1 saturated heterocycles. The molecule has 0 aromatic heterocycles. The number of aryl methyl sites for hydroxylation is 2. The minimum absolute atomic E-state index is 0.0522. The van der Waals surface area contributed by atoms with E-state index in [1.165, 1.54) is 27.8 Å². The molecule has 1 aliphatic heterocycles. The van der Waals surface area contributed by atoms with Crippen molar-refractivity contribution in [3.63, 3.8) is 0 Å². The monoisotopic (exact) mass is 522 g/mol. The van der Waals surface area contributed by atoms with Gasteiger partial charge in [-0.1, -0.05) is 65.0 Å². The van der Waals surface area contributed by atoms with Crippen LogP contribution in [0, 0.1) is 13.8 Å². The van der Waals surface area contributed by atoms with Crippen molar-refractivity contribution in [2.75, 3.05) is 13.2 Å². The maximum atomic E-state index is 11.0. The van der Waals surface area contributed by atoms with Crippen molar-refractivity contribution in [3.05, 3.63) is 70.3 Å². The second-order valence-electron chi connectivity index (χ2n) is 11.4. The summed E-state index contributed by atoms with van der Waals surface area (Å²) in [5, 5.41) is 11.0. The van der Waals surface area contributed by atoms with Gasteiger partial charge in [0, 0.05) is 5.41 Å². The molecule has 2 aromatic rings. The second-order valence-corrected chi connectivity index (χ2v) is 11.4. The van der Waals surface area contributed by atoms with Crippen molar-refractivity contribution in [1.82, 2.24) is 0 Å². The zero-order chi connectivity index (χ0) is 28.1. The number of benzene rings is 2. The summed E-state index contributed by atoms with van der Waals surface area (Å²) in [6, 6.07) is 13.6. The first-order chi connectivity index (χ1) is 18.0. The summed E-state index contributed by atoms with van der Waals surface area (Å²) in [6.07, 6.45) is 6.38. The molecule has 4 heteroatoms. The molecule has 3 rings (SSSR count). The number of hydrogen-bond acceptors (Lipinski definition) is 4. The van der Waals surface area contributed by atoms with Gasteiger partial charge >= 0.3 is 0 Å². The fourth-order valence-corrected chi connectivity index (χ4v) is 5.84. The fourth-order valence-electron chi connectivity index (χ4n) is 5.84. The average molecular weight is 523 g/mol. The van der Waals surface area contributed by atoms with E-state index in [1.54, 1.807) is 0 Å². The highest BCUT2D eigenvalue weighted by Gasteiger charge is 2.34. The van der Waals surface area contributed by atoms with Crippen LogP contribution in [0.4, 0.5) is 0 Å². The Morgan fingerprint density at radius 3 is 2.03 bits per heavy atom. The van der Waals surface area contributed by atoms with Crippen LogP contribution in [0.5, 0.6) is 5.75 Å². The summed E-state index contributed by atoms with van der Waals surface area (Å²) >= 11 is 0. The smallest absolute Gasteiger partial charge is 0.163 e. The lowest BCUT2D eigenvalue weighted by Gasteiger charge is -2.34. The quantitative estimate of drug-likeness (QED) is 0.305. The van der Waals surface area contributed by atoms with Gasteiger partial charge in [-0.15, -0.1) is 0 Å². The van der Waals surface area contributed by atoms with Crippen molar-refractivity contribution in [3.8, 4) is 5.75 Å². The summed E-state index contributed by atoms with van der Waals surface area (Å²) in [5.41, 5.74) is 6.68. The van der Waals surface area contributed by atoms with Gasteiger partial charge in [0.15, 0.2) is 5.79 Å². The van der Waals surface area contributed by atoms with Crippen molar-refractivity contribution in [1.29, 1.82) is 0 Å². The van der Waals surface area contributed by atoms with E-state index in [-0.39, 0.29) is 11.5 Å². The van der Waals surface area contributed by atoms with E-state index in [0.717, 1.165) is 43.4 Å². The Hall–Kier alpha value is -2.14. The maximum Gasteiger partial charge on any atom is 0.163 e. The van der Waals surface area contributed by atoms with Crippen molar-refractivity contribution >= 4 is 5.57 Å². The molecule has 0 spiro atoms. The molecule has 1 aliphatic rings. The van der Waals surface area contributed by atoms with Gasteiger partial charge < -0.3 is 19.3 Å². The van der Waals surface area contributed by atoms with Gasteiger partial charge in [-0.2, -0.15) is 0 Å². The van der Waals surface area contributed by atoms with Crippen LogP contribution in [-0.2, 0) is 14.9 Å². The van der Waals surface area contributed by atoms with Crippen molar-refractivity contribution < 1.29 is 19.3 Å². The Morgan fingerprint density at radius 1 is 0.947 bits per heavy atom. The van der Waals surface area contributed by atoms with Gasteiger partial charge in [-0.05, 0) is 105 Å². The summed E-state index contributed by atoms with van der Waals surface area (Å²) in [4.78, 5) is 0. The molecular weight excluding hydrogens is 472 g/mol. The first-order valence-corrected chi connectivity index (χ1v) is 14.6. The molecule has 1 N–H and O–H groups in total. The third-order valence-electron chi connectivity index (χ3n) is 8.60. The first-order valence-electron chi connectivity index (χ1n) is 14.6. The molecule has 0 bridgehead atoms. The molecule has 4 nitrogen and oxygen atoms in total. The van der Waals surface area contributed by atoms with Crippen molar-refractivity contribution in [2.24, 2.45) is 0 Å². The molecule has 1 fully saturated rings. The Morgan fingerprint density at radius 2 is 1.55 bits per heavy atom. The lowest BCUT2D eigenvalue weighted by Crippen LogP contribution is -2.27. The zero-order valence-electron chi connectivity index (χ0n) is 25.2. The molecule has 0 unspecified atom stereocenters. The number of hydrogen-bond donors (Lipinski definition) is 1. The van der Waals surface area contributed by atoms with E-state index in [9.17, 15) is 5.11 Å². The van der Waals surface area contributed by atoms with Crippen LogP contribution in [0.2, 0.25) is 0 Å². The predicted octanol–water partition coefficient (Wildman–Crippen LogP) is 8.28. The summed E-state index contributed by atoms with van der Waals surface area (Å²) in [6.45, 7) is 20.1. The molecule has 1 atom stereocenters. The molecule has 0 amide bonds. The highest BCUT2D eigenvalue weighted by molar-refractivity contribution is 5.69. The van der Waals surface area contributed by atoms with Crippen LogP contribution in [0.15, 0.2) is 42.5 Å². The van der Waals surface area contributed by atoms with Crippen LogP contribution in [0.25, 0.3) is 5.57 Å². The number of allylic oxidation sites excluding steroid dienone is 1. The van der Waals surface area contributed by atoms with Crippen LogP contribution in [-0.4, -0.2) is 35.8 Å². The normalized spacial score (nSPS) is 18.2. The van der Waals surface area contributed by atoms with Gasteiger partial charge in [-0.25, -0.2) is 0 Å². The Bertz CT molecular complexity index is 1110. The molecular formula is C34H50O4. The van der Waals surface area contributed by atoms with E-state index in [4.69, 9.17) is 14.2 Å². The third kappa shape index (κ3) is 6.52. The van der Waals surface area contributed by atoms with Crippen LogP contribution in [0.3, 0.4) is 0 Å². The lowest BCUT2D eigenvalue weighted by molar-refractivity contribution is -0.141. The Labute approximate surface area is 231 Å². The van der Waals surface area contributed by atoms with Gasteiger partial charge in [0.1, 0.15) is 18.5 Å². The Balaban J connectivity index is 1.90. The van der Waals surface area contributed by atoms with E-state index in [0.29, 0.717) is 13.2 Å². The lowest BCUT2D eigenvalue weighted by atomic mass is 9.69. The Kier molecular flexibility index (Phi) is 9.89. The van der Waals surface area contributed by atoms with Crippen LogP contribution < -0.4 is 4.74 Å². The van der Waals surface area contributed by atoms with Gasteiger partial charge in [0.2, 0.25) is 0 Å². The fraction of sp³-hybridized carbons (Fsp3) is 0.588. The van der Waals surface area contributed by atoms with Crippen molar-refractivity contribution in [2.45, 2.75) is 117 Å². The highest BCUT2D eigenvalue weighted by Crippen LogP contribution is 2.42. The molecule has 38 heavy (non-hydrogen) atoms. The number of ether oxygens (including phenoxy) is 3. The first kappa shape index (κ1) is 30.4. The zero-order valence-corrected chi connectivity index (χ0v) is 25.2. The average Bonchev–Trinajstić information content (AvgIpc) is 3.26. The molecule has 210 valence electrons. The number of aliphatic hydroxyl groups is 1. The summed E-state index contributed by atoms with van der Waals surface area (Å²) in [5.74, 6) is 0.357. The van der Waals surface area contributed by atoms with Crippen LogP contribution in [0.1, 0.15) is 108 Å². The van der Waals surface area contributed by atoms with E-state index in [2.05, 4.69) is 90.9 Å². The molecule has 2 aromatic carbocycles. The van der Waals surface area contributed by atoms with Gasteiger partial charge in [0.25, 0.3) is 0 Å². The topological polar surface area (TPSA) is 47.9 Å². The van der Waals surface area contributed by atoms with Gasteiger partial charge in [-0.3, -0.25) is 0 Å². The maximum absolute atomic E-state index is 11.0. The van der Waals surface area contributed by atoms with E-state index in [1.807, 2.05) is 13.8 Å². The second kappa shape index (κ2) is 12.4.